The van der Waals surface area contributed by atoms with Gasteiger partial charge in [-0.25, -0.2) is 8.78 Å². The smallest absolute Gasteiger partial charge is 0.196 e. The molecule has 2 aromatic rings. The van der Waals surface area contributed by atoms with Crippen molar-refractivity contribution in [3.8, 4) is 0 Å². The zero-order valence-electron chi connectivity index (χ0n) is 10.6. The molecule has 1 heterocycles. The fourth-order valence-corrected chi connectivity index (χ4v) is 2.40. The van der Waals surface area contributed by atoms with E-state index in [0.717, 1.165) is 5.56 Å². The standard InChI is InChI=1S/C15H13F2N3/c16-11-5-3-4-10(8-11)14-9-19-15(18)20(14)13-7-2-1-6-12(13)17/h1-8,14H,9H2,(H2,18,19). The van der Waals surface area contributed by atoms with Gasteiger partial charge in [-0.15, -0.1) is 0 Å². The minimum atomic E-state index is -0.381. The van der Waals surface area contributed by atoms with Gasteiger partial charge in [0.15, 0.2) is 5.96 Å². The largest absolute Gasteiger partial charge is 0.369 e. The SMILES string of the molecule is NC1=NCC(c2cccc(F)c2)N1c1ccccc1F. The number of aliphatic imine (C=N–C) groups is 1. The molecule has 3 rings (SSSR count). The van der Waals surface area contributed by atoms with Crippen LogP contribution in [-0.2, 0) is 0 Å². The van der Waals surface area contributed by atoms with Gasteiger partial charge in [0.1, 0.15) is 11.6 Å². The van der Waals surface area contributed by atoms with Gasteiger partial charge in [-0.1, -0.05) is 24.3 Å². The first-order valence-electron chi connectivity index (χ1n) is 6.26. The lowest BCUT2D eigenvalue weighted by Crippen LogP contribution is -2.36. The van der Waals surface area contributed by atoms with Crippen molar-refractivity contribution >= 4 is 11.6 Å². The molecule has 20 heavy (non-hydrogen) atoms. The molecule has 2 N–H and O–H groups in total. The quantitative estimate of drug-likeness (QED) is 0.914. The lowest BCUT2D eigenvalue weighted by atomic mass is 10.1. The van der Waals surface area contributed by atoms with Gasteiger partial charge in [0.2, 0.25) is 0 Å². The summed E-state index contributed by atoms with van der Waals surface area (Å²) in [7, 11) is 0. The Bertz CT molecular complexity index is 670. The van der Waals surface area contributed by atoms with Crippen LogP contribution in [0.4, 0.5) is 14.5 Å². The summed E-state index contributed by atoms with van der Waals surface area (Å²) in [6, 6.07) is 12.3. The molecule has 0 aliphatic carbocycles. The van der Waals surface area contributed by atoms with E-state index >= 15 is 0 Å². The summed E-state index contributed by atoms with van der Waals surface area (Å²) in [4.78, 5) is 5.76. The summed E-state index contributed by atoms with van der Waals surface area (Å²) in [5, 5.41) is 0. The average Bonchev–Trinajstić information content (AvgIpc) is 2.81. The summed E-state index contributed by atoms with van der Waals surface area (Å²) in [6.45, 7) is 0.379. The lowest BCUT2D eigenvalue weighted by molar-refractivity contribution is 0.613. The molecule has 0 fully saturated rings. The number of para-hydroxylation sites is 1. The molecule has 1 unspecified atom stereocenters. The van der Waals surface area contributed by atoms with Crippen LogP contribution < -0.4 is 10.6 Å². The molecular weight excluding hydrogens is 260 g/mol. The highest BCUT2D eigenvalue weighted by molar-refractivity contribution is 5.97. The Kier molecular flexibility index (Phi) is 3.10. The number of guanidine groups is 1. The van der Waals surface area contributed by atoms with Gasteiger partial charge in [0, 0.05) is 0 Å². The maximum Gasteiger partial charge on any atom is 0.196 e. The molecule has 3 nitrogen and oxygen atoms in total. The Labute approximate surface area is 115 Å². The van der Waals surface area contributed by atoms with Crippen molar-refractivity contribution < 1.29 is 8.78 Å². The van der Waals surface area contributed by atoms with Crippen LogP contribution in [0.3, 0.4) is 0 Å². The highest BCUT2D eigenvalue weighted by Gasteiger charge is 2.30. The number of nitrogens with zero attached hydrogens (tertiary/aromatic N) is 2. The normalized spacial score (nSPS) is 18.2. The van der Waals surface area contributed by atoms with E-state index in [1.165, 1.54) is 18.2 Å². The zero-order valence-corrected chi connectivity index (χ0v) is 10.6. The third-order valence-electron chi connectivity index (χ3n) is 3.33. The Morgan fingerprint density at radius 1 is 1.10 bits per heavy atom. The Morgan fingerprint density at radius 2 is 1.90 bits per heavy atom. The number of hydrogen-bond acceptors (Lipinski definition) is 3. The van der Waals surface area contributed by atoms with Crippen molar-refractivity contribution in [1.82, 2.24) is 0 Å². The topological polar surface area (TPSA) is 41.6 Å². The summed E-state index contributed by atoms with van der Waals surface area (Å²) in [5.74, 6) is -0.472. The van der Waals surface area contributed by atoms with Gasteiger partial charge in [0.25, 0.3) is 0 Å². The molecular formula is C15H13F2N3. The first-order chi connectivity index (χ1) is 9.66. The van der Waals surface area contributed by atoms with Crippen LogP contribution in [0, 0.1) is 11.6 Å². The number of halogens is 2. The molecule has 5 heteroatoms. The molecule has 0 aromatic heterocycles. The van der Waals surface area contributed by atoms with Crippen molar-refractivity contribution in [3.05, 3.63) is 65.7 Å². The summed E-state index contributed by atoms with van der Waals surface area (Å²) in [6.07, 6.45) is 0. The molecule has 0 amide bonds. The maximum absolute atomic E-state index is 14.0. The van der Waals surface area contributed by atoms with Crippen molar-refractivity contribution in [3.63, 3.8) is 0 Å². The molecule has 2 aromatic carbocycles. The van der Waals surface area contributed by atoms with Crippen LogP contribution in [0.2, 0.25) is 0 Å². The Balaban J connectivity index is 2.03. The van der Waals surface area contributed by atoms with Crippen LogP contribution in [0.5, 0.6) is 0 Å². The molecule has 0 radical (unpaired) electrons. The molecule has 102 valence electrons. The predicted molar refractivity (Wildman–Crippen MR) is 74.5 cm³/mol. The Hall–Kier alpha value is -2.43. The molecule has 0 saturated heterocycles. The number of anilines is 1. The first kappa shape index (κ1) is 12.6. The molecule has 0 spiro atoms. The zero-order chi connectivity index (χ0) is 14.1. The average molecular weight is 273 g/mol. The van der Waals surface area contributed by atoms with E-state index in [1.54, 1.807) is 35.2 Å². The van der Waals surface area contributed by atoms with E-state index in [1.807, 2.05) is 0 Å². The van der Waals surface area contributed by atoms with E-state index in [-0.39, 0.29) is 23.6 Å². The number of hydrogen-bond donors (Lipinski definition) is 1. The van der Waals surface area contributed by atoms with E-state index < -0.39 is 0 Å². The second kappa shape index (κ2) is 4.92. The minimum absolute atomic E-state index is 0.240. The van der Waals surface area contributed by atoms with Gasteiger partial charge in [-0.2, -0.15) is 0 Å². The minimum Gasteiger partial charge on any atom is -0.369 e. The predicted octanol–water partition coefficient (Wildman–Crippen LogP) is 2.84. The summed E-state index contributed by atoms with van der Waals surface area (Å²) in [5.41, 5.74) is 6.93. The monoisotopic (exact) mass is 273 g/mol. The van der Waals surface area contributed by atoms with Crippen molar-refractivity contribution in [2.24, 2.45) is 10.7 Å². The molecule has 0 saturated carbocycles. The van der Waals surface area contributed by atoms with Crippen molar-refractivity contribution in [2.75, 3.05) is 11.4 Å². The van der Waals surface area contributed by atoms with Crippen LogP contribution in [0.25, 0.3) is 0 Å². The third kappa shape index (κ3) is 2.11. The highest BCUT2D eigenvalue weighted by atomic mass is 19.1. The highest BCUT2D eigenvalue weighted by Crippen LogP contribution is 2.32. The van der Waals surface area contributed by atoms with Gasteiger partial charge in [-0.05, 0) is 29.8 Å². The van der Waals surface area contributed by atoms with Crippen LogP contribution >= 0.6 is 0 Å². The number of benzene rings is 2. The van der Waals surface area contributed by atoms with E-state index in [9.17, 15) is 8.78 Å². The molecule has 1 aliphatic rings. The van der Waals surface area contributed by atoms with E-state index in [2.05, 4.69) is 4.99 Å². The fourth-order valence-electron chi connectivity index (χ4n) is 2.40. The van der Waals surface area contributed by atoms with Gasteiger partial charge >= 0.3 is 0 Å². The maximum atomic E-state index is 14.0. The Morgan fingerprint density at radius 3 is 2.65 bits per heavy atom. The molecule has 1 aliphatic heterocycles. The molecule has 0 bridgehead atoms. The molecule has 1 atom stereocenters. The lowest BCUT2D eigenvalue weighted by Gasteiger charge is -2.27. The third-order valence-corrected chi connectivity index (χ3v) is 3.33. The van der Waals surface area contributed by atoms with Crippen LogP contribution in [-0.4, -0.2) is 12.5 Å². The fraction of sp³-hybridized carbons (Fsp3) is 0.133. The first-order valence-corrected chi connectivity index (χ1v) is 6.26. The second-order valence-corrected chi connectivity index (χ2v) is 4.59. The van der Waals surface area contributed by atoms with Crippen LogP contribution in [0.15, 0.2) is 53.5 Å². The summed E-state index contributed by atoms with van der Waals surface area (Å²) < 4.78 is 27.3. The van der Waals surface area contributed by atoms with Gasteiger partial charge in [-0.3, -0.25) is 4.99 Å². The van der Waals surface area contributed by atoms with Gasteiger partial charge in [0.05, 0.1) is 18.3 Å². The van der Waals surface area contributed by atoms with Crippen LogP contribution in [0.1, 0.15) is 11.6 Å². The number of nitrogens with two attached hydrogens (primary N) is 1. The second-order valence-electron chi connectivity index (χ2n) is 4.59. The number of rotatable bonds is 2. The van der Waals surface area contributed by atoms with Crippen molar-refractivity contribution in [1.29, 1.82) is 0 Å². The van der Waals surface area contributed by atoms with E-state index in [0.29, 0.717) is 12.2 Å². The summed E-state index contributed by atoms with van der Waals surface area (Å²) >= 11 is 0. The van der Waals surface area contributed by atoms with Gasteiger partial charge < -0.3 is 10.6 Å². The van der Waals surface area contributed by atoms with E-state index in [4.69, 9.17) is 5.73 Å². The van der Waals surface area contributed by atoms with Crippen molar-refractivity contribution in [2.45, 2.75) is 6.04 Å².